The normalized spacial score (nSPS) is 14.4. The van der Waals surface area contributed by atoms with Crippen LogP contribution in [0.5, 0.6) is 0 Å². The molecular formula is C15H22N6O7. The Morgan fingerprint density at radius 2 is 1.86 bits per heavy atom. The first-order chi connectivity index (χ1) is 12.9. The SMILES string of the molecule is NC(=O)c1nonc1CN1CCC(Cc2cnc[nH]2)CC1.O.O=C(O)C(=O)O. The molecule has 1 amide bonds. The number of H-pyrrole nitrogens is 1. The van der Waals surface area contributed by atoms with Gasteiger partial charge >= 0.3 is 11.9 Å². The molecule has 0 spiro atoms. The predicted molar refractivity (Wildman–Crippen MR) is 92.0 cm³/mol. The van der Waals surface area contributed by atoms with E-state index in [0.29, 0.717) is 18.2 Å². The van der Waals surface area contributed by atoms with Gasteiger partial charge in [-0.05, 0) is 43.4 Å². The smallest absolute Gasteiger partial charge is 0.414 e. The lowest BCUT2D eigenvalue weighted by Gasteiger charge is -2.31. The van der Waals surface area contributed by atoms with Crippen molar-refractivity contribution in [3.8, 4) is 0 Å². The van der Waals surface area contributed by atoms with Crippen LogP contribution in [-0.2, 0) is 22.6 Å². The number of hydrogen-bond acceptors (Lipinski definition) is 8. The topological polar surface area (TPSA) is 220 Å². The molecule has 3 heterocycles. The summed E-state index contributed by atoms with van der Waals surface area (Å²) in [6, 6.07) is 0. The number of amides is 1. The highest BCUT2D eigenvalue weighted by atomic mass is 16.6. The Kier molecular flexibility index (Phi) is 8.71. The molecular weight excluding hydrogens is 376 g/mol. The largest absolute Gasteiger partial charge is 0.473 e. The summed E-state index contributed by atoms with van der Waals surface area (Å²) in [7, 11) is 0. The number of nitrogens with one attached hydrogen (secondary N) is 1. The van der Waals surface area contributed by atoms with Crippen LogP contribution in [0.4, 0.5) is 0 Å². The minimum atomic E-state index is -1.82. The Morgan fingerprint density at radius 1 is 1.21 bits per heavy atom. The van der Waals surface area contributed by atoms with Crippen molar-refractivity contribution < 1.29 is 34.7 Å². The molecule has 2 aromatic heterocycles. The number of carbonyl (C=O) groups excluding carboxylic acids is 1. The second kappa shape index (κ2) is 10.7. The fraction of sp³-hybridized carbons (Fsp3) is 0.467. The van der Waals surface area contributed by atoms with E-state index in [1.165, 1.54) is 5.69 Å². The Morgan fingerprint density at radius 3 is 2.36 bits per heavy atom. The maximum atomic E-state index is 11.2. The molecule has 3 rings (SSSR count). The third kappa shape index (κ3) is 6.77. The molecule has 1 aliphatic heterocycles. The van der Waals surface area contributed by atoms with Gasteiger partial charge in [-0.25, -0.2) is 19.2 Å². The lowest BCUT2D eigenvalue weighted by atomic mass is 9.92. The lowest BCUT2D eigenvalue weighted by molar-refractivity contribution is -0.159. The fourth-order valence-electron chi connectivity index (χ4n) is 2.77. The highest BCUT2D eigenvalue weighted by Crippen LogP contribution is 2.22. The molecule has 154 valence electrons. The summed E-state index contributed by atoms with van der Waals surface area (Å²) in [5.41, 5.74) is 7.07. The van der Waals surface area contributed by atoms with Gasteiger partial charge in [-0.2, -0.15) is 0 Å². The number of likely N-dealkylation sites (tertiary alicyclic amines) is 1. The number of imidazole rings is 1. The van der Waals surface area contributed by atoms with Crippen molar-refractivity contribution in [1.82, 2.24) is 25.2 Å². The van der Waals surface area contributed by atoms with E-state index in [1.54, 1.807) is 6.33 Å². The number of carbonyl (C=O) groups is 3. The molecule has 0 aliphatic carbocycles. The highest BCUT2D eigenvalue weighted by molar-refractivity contribution is 6.27. The summed E-state index contributed by atoms with van der Waals surface area (Å²) in [6.45, 7) is 2.48. The predicted octanol–water partition coefficient (Wildman–Crippen LogP) is -1.32. The zero-order chi connectivity index (χ0) is 19.8. The molecule has 0 bridgehead atoms. The number of nitrogens with zero attached hydrogens (tertiary/aromatic N) is 4. The molecule has 2 aromatic rings. The number of carboxylic acids is 2. The maximum Gasteiger partial charge on any atom is 0.414 e. The first kappa shape index (κ1) is 22.7. The Hall–Kier alpha value is -3.32. The van der Waals surface area contributed by atoms with Gasteiger partial charge in [-0.3, -0.25) is 9.69 Å². The second-order valence-corrected chi connectivity index (χ2v) is 6.03. The summed E-state index contributed by atoms with van der Waals surface area (Å²) in [5.74, 6) is -3.59. The van der Waals surface area contributed by atoms with Gasteiger partial charge in [0, 0.05) is 18.4 Å². The van der Waals surface area contributed by atoms with E-state index in [-0.39, 0.29) is 11.2 Å². The van der Waals surface area contributed by atoms with E-state index in [1.807, 2.05) is 6.20 Å². The van der Waals surface area contributed by atoms with Crippen LogP contribution in [0.25, 0.3) is 0 Å². The van der Waals surface area contributed by atoms with Crippen molar-refractivity contribution in [2.24, 2.45) is 11.7 Å². The minimum absolute atomic E-state index is 0. The second-order valence-electron chi connectivity index (χ2n) is 6.03. The maximum absolute atomic E-state index is 11.2. The molecule has 0 radical (unpaired) electrons. The zero-order valence-corrected chi connectivity index (χ0v) is 14.9. The van der Waals surface area contributed by atoms with Crippen molar-refractivity contribution in [2.75, 3.05) is 13.1 Å². The van der Waals surface area contributed by atoms with Crippen LogP contribution in [-0.4, -0.2) is 71.8 Å². The lowest BCUT2D eigenvalue weighted by Crippen LogP contribution is -2.34. The number of nitrogens with two attached hydrogens (primary N) is 1. The van der Waals surface area contributed by atoms with Gasteiger partial charge in [0.05, 0.1) is 6.33 Å². The Balaban J connectivity index is 0.000000492. The summed E-state index contributed by atoms with van der Waals surface area (Å²) in [4.78, 5) is 38.8. The quantitative estimate of drug-likeness (QED) is 0.435. The van der Waals surface area contributed by atoms with Crippen LogP contribution in [0, 0.1) is 5.92 Å². The summed E-state index contributed by atoms with van der Waals surface area (Å²) in [5, 5.41) is 22.1. The third-order valence-electron chi connectivity index (χ3n) is 4.12. The number of aromatic amines is 1. The van der Waals surface area contributed by atoms with Crippen LogP contribution < -0.4 is 5.73 Å². The van der Waals surface area contributed by atoms with Gasteiger partial charge in [0.1, 0.15) is 5.69 Å². The first-order valence-corrected chi connectivity index (χ1v) is 8.13. The zero-order valence-electron chi connectivity index (χ0n) is 14.9. The molecule has 0 atom stereocenters. The molecule has 1 saturated heterocycles. The standard InChI is InChI=1S/C13H18N6O2.C2H2O4.H2O/c14-13(20)12-11(17-21-18-12)7-19-3-1-9(2-4-19)5-10-6-15-8-16-10;3-1(4)2(5)6;/h6,8-9H,1-5,7H2,(H2,14,20)(H,15,16);(H,3,4)(H,5,6);1H2. The van der Waals surface area contributed by atoms with E-state index in [2.05, 4.69) is 29.8 Å². The molecule has 0 aromatic carbocycles. The molecule has 7 N–H and O–H groups in total. The average Bonchev–Trinajstić information content (AvgIpc) is 3.29. The number of piperidine rings is 1. The molecule has 0 unspecified atom stereocenters. The number of aliphatic carboxylic acids is 2. The van der Waals surface area contributed by atoms with Gasteiger partial charge in [0.25, 0.3) is 5.91 Å². The van der Waals surface area contributed by atoms with Crippen molar-refractivity contribution >= 4 is 17.8 Å². The van der Waals surface area contributed by atoms with Crippen LogP contribution >= 0.6 is 0 Å². The molecule has 13 heteroatoms. The van der Waals surface area contributed by atoms with Crippen molar-refractivity contribution in [2.45, 2.75) is 25.8 Å². The van der Waals surface area contributed by atoms with Gasteiger partial charge < -0.3 is 26.4 Å². The summed E-state index contributed by atoms with van der Waals surface area (Å²) in [6.07, 6.45) is 6.85. The van der Waals surface area contributed by atoms with Gasteiger partial charge in [-0.1, -0.05) is 5.16 Å². The molecule has 13 nitrogen and oxygen atoms in total. The first-order valence-electron chi connectivity index (χ1n) is 8.13. The number of aromatic nitrogens is 4. The fourth-order valence-corrected chi connectivity index (χ4v) is 2.77. The van der Waals surface area contributed by atoms with Crippen molar-refractivity contribution in [1.29, 1.82) is 0 Å². The van der Waals surface area contributed by atoms with E-state index < -0.39 is 17.8 Å². The van der Waals surface area contributed by atoms with Gasteiger partial charge in [0.15, 0.2) is 5.69 Å². The molecule has 1 aliphatic rings. The van der Waals surface area contributed by atoms with Gasteiger partial charge in [-0.15, -0.1) is 0 Å². The third-order valence-corrected chi connectivity index (χ3v) is 4.12. The van der Waals surface area contributed by atoms with Crippen molar-refractivity contribution in [3.05, 3.63) is 29.6 Å². The van der Waals surface area contributed by atoms with Crippen LogP contribution in [0.1, 0.15) is 34.7 Å². The van der Waals surface area contributed by atoms with E-state index in [4.69, 9.17) is 25.5 Å². The summed E-state index contributed by atoms with van der Waals surface area (Å²) >= 11 is 0. The Bertz CT molecular complexity index is 756. The van der Waals surface area contributed by atoms with E-state index >= 15 is 0 Å². The van der Waals surface area contributed by atoms with E-state index in [0.717, 1.165) is 32.4 Å². The highest BCUT2D eigenvalue weighted by Gasteiger charge is 2.23. The van der Waals surface area contributed by atoms with Crippen molar-refractivity contribution in [3.63, 3.8) is 0 Å². The number of carboxylic acid groups (broad SMARTS) is 2. The van der Waals surface area contributed by atoms with Crippen LogP contribution in [0.3, 0.4) is 0 Å². The molecule has 0 saturated carbocycles. The van der Waals surface area contributed by atoms with Crippen LogP contribution in [0.2, 0.25) is 0 Å². The summed E-state index contributed by atoms with van der Waals surface area (Å²) < 4.78 is 4.60. The number of primary amides is 1. The van der Waals surface area contributed by atoms with E-state index in [9.17, 15) is 4.79 Å². The monoisotopic (exact) mass is 398 g/mol. The van der Waals surface area contributed by atoms with Crippen LogP contribution in [0.15, 0.2) is 17.2 Å². The minimum Gasteiger partial charge on any atom is -0.473 e. The molecule has 28 heavy (non-hydrogen) atoms. The average molecular weight is 398 g/mol. The van der Waals surface area contributed by atoms with Gasteiger partial charge in [0.2, 0.25) is 0 Å². The Labute approximate surface area is 158 Å². The number of rotatable bonds is 5. The molecule has 1 fully saturated rings. The number of hydrogen-bond donors (Lipinski definition) is 4.